The fourth-order valence-electron chi connectivity index (χ4n) is 3.94. The minimum Gasteiger partial charge on any atom is -0.492 e. The molecular formula is C30H40ClN5O3S. The van der Waals surface area contributed by atoms with E-state index >= 15 is 0 Å². The Bertz CT molecular complexity index is 1310. The van der Waals surface area contributed by atoms with Crippen molar-refractivity contribution >= 4 is 40.8 Å². The molecule has 2 aromatic carbocycles. The van der Waals surface area contributed by atoms with Gasteiger partial charge in [-0.05, 0) is 68.5 Å². The summed E-state index contributed by atoms with van der Waals surface area (Å²) in [5.74, 6) is 1.23. The third-order valence-electron chi connectivity index (χ3n) is 6.19. The minimum atomic E-state index is -0.307. The Morgan fingerprint density at radius 1 is 1.05 bits per heavy atom. The van der Waals surface area contributed by atoms with Gasteiger partial charge < -0.3 is 24.4 Å². The maximum atomic E-state index is 13.4. The fraction of sp³-hybridized carbons (Fsp3) is 0.400. The molecule has 0 bridgehead atoms. The number of rotatable bonds is 12. The van der Waals surface area contributed by atoms with Gasteiger partial charge in [0.2, 0.25) is 0 Å². The van der Waals surface area contributed by atoms with E-state index in [-0.39, 0.29) is 11.3 Å². The van der Waals surface area contributed by atoms with Crippen LogP contribution in [0.15, 0.2) is 48.7 Å². The van der Waals surface area contributed by atoms with E-state index in [0.29, 0.717) is 40.1 Å². The average molecular weight is 586 g/mol. The molecule has 0 saturated heterocycles. The highest BCUT2D eigenvalue weighted by molar-refractivity contribution is 7.99. The first kappa shape index (κ1) is 31.5. The lowest BCUT2D eigenvalue weighted by Gasteiger charge is -2.24. The average Bonchev–Trinajstić information content (AvgIpc) is 2.88. The molecule has 8 nitrogen and oxygen atoms in total. The number of pyridine rings is 1. The van der Waals surface area contributed by atoms with Crippen molar-refractivity contribution in [1.82, 2.24) is 14.8 Å². The minimum absolute atomic E-state index is 0.133. The SMILES string of the molecule is COc1c(NSC)cc(C(C)(C)C)cc1NC(=O)c1ccc(Cl)c(Oc2ccnc(CN(C)CCN(C)C)c2)c1. The Balaban J connectivity index is 1.83. The summed E-state index contributed by atoms with van der Waals surface area (Å²) in [5.41, 5.74) is 3.57. The second kappa shape index (κ2) is 14.1. The number of hydrogen-bond donors (Lipinski definition) is 2. The van der Waals surface area contributed by atoms with Crippen LogP contribution >= 0.6 is 23.5 Å². The van der Waals surface area contributed by atoms with Crippen LogP contribution < -0.4 is 19.5 Å². The first-order valence-electron chi connectivity index (χ1n) is 13.0. The summed E-state index contributed by atoms with van der Waals surface area (Å²) in [5, 5.41) is 3.42. The summed E-state index contributed by atoms with van der Waals surface area (Å²) in [6.45, 7) is 8.93. The highest BCUT2D eigenvalue weighted by Gasteiger charge is 2.21. The van der Waals surface area contributed by atoms with Crippen molar-refractivity contribution in [3.05, 3.63) is 70.5 Å². The summed E-state index contributed by atoms with van der Waals surface area (Å²) >= 11 is 7.92. The zero-order chi connectivity index (χ0) is 29.4. The lowest BCUT2D eigenvalue weighted by atomic mass is 9.86. The predicted molar refractivity (Wildman–Crippen MR) is 167 cm³/mol. The number of amides is 1. The van der Waals surface area contributed by atoms with Crippen LogP contribution in [0.3, 0.4) is 0 Å². The highest BCUT2D eigenvalue weighted by Crippen LogP contribution is 2.40. The van der Waals surface area contributed by atoms with Crippen molar-refractivity contribution in [2.45, 2.75) is 32.7 Å². The number of halogens is 1. The smallest absolute Gasteiger partial charge is 0.255 e. The molecule has 1 heterocycles. The molecule has 0 aliphatic heterocycles. The molecule has 0 spiro atoms. The first-order valence-corrected chi connectivity index (χ1v) is 14.6. The molecule has 0 saturated carbocycles. The molecule has 10 heteroatoms. The monoisotopic (exact) mass is 585 g/mol. The van der Waals surface area contributed by atoms with Crippen molar-refractivity contribution < 1.29 is 14.3 Å². The number of methoxy groups -OCH3 is 1. The van der Waals surface area contributed by atoms with Crippen LogP contribution in [0, 0.1) is 0 Å². The van der Waals surface area contributed by atoms with Crippen LogP contribution in [0.4, 0.5) is 11.4 Å². The summed E-state index contributed by atoms with van der Waals surface area (Å²) < 4.78 is 15.0. The Morgan fingerprint density at radius 3 is 2.42 bits per heavy atom. The van der Waals surface area contributed by atoms with Gasteiger partial charge >= 0.3 is 0 Å². The number of nitrogens with one attached hydrogen (secondary N) is 2. The Kier molecular flexibility index (Phi) is 11.1. The summed E-state index contributed by atoms with van der Waals surface area (Å²) in [7, 11) is 7.75. The fourth-order valence-corrected chi connectivity index (χ4v) is 4.46. The third-order valence-corrected chi connectivity index (χ3v) is 6.93. The van der Waals surface area contributed by atoms with E-state index in [1.54, 1.807) is 37.6 Å². The van der Waals surface area contributed by atoms with Crippen molar-refractivity contribution in [3.63, 3.8) is 0 Å². The predicted octanol–water partition coefficient (Wildman–Crippen LogP) is 6.77. The van der Waals surface area contributed by atoms with Gasteiger partial charge in [-0.3, -0.25) is 14.7 Å². The summed E-state index contributed by atoms with van der Waals surface area (Å²) in [6.07, 6.45) is 3.65. The number of anilines is 2. The van der Waals surface area contributed by atoms with E-state index in [4.69, 9.17) is 21.1 Å². The van der Waals surface area contributed by atoms with E-state index in [1.165, 1.54) is 11.9 Å². The van der Waals surface area contributed by atoms with Crippen molar-refractivity contribution in [2.75, 3.05) is 57.6 Å². The maximum Gasteiger partial charge on any atom is 0.255 e. The topological polar surface area (TPSA) is 79.0 Å². The lowest BCUT2D eigenvalue weighted by molar-refractivity contribution is 0.102. The number of aromatic nitrogens is 1. The molecule has 216 valence electrons. The lowest BCUT2D eigenvalue weighted by Crippen LogP contribution is -2.28. The number of benzene rings is 2. The molecule has 40 heavy (non-hydrogen) atoms. The molecule has 0 atom stereocenters. The number of carbonyl (C=O) groups is 1. The van der Waals surface area contributed by atoms with Crippen LogP contribution in [0.5, 0.6) is 17.2 Å². The van der Waals surface area contributed by atoms with Crippen LogP contribution in [-0.4, -0.2) is 68.3 Å². The van der Waals surface area contributed by atoms with Gasteiger partial charge in [-0.15, -0.1) is 0 Å². The molecule has 0 radical (unpaired) electrons. The normalized spacial score (nSPS) is 11.6. The molecule has 0 unspecified atom stereocenters. The van der Waals surface area contributed by atoms with Crippen molar-refractivity contribution in [3.8, 4) is 17.2 Å². The van der Waals surface area contributed by atoms with Gasteiger partial charge in [0.05, 0.1) is 29.2 Å². The third kappa shape index (κ3) is 8.76. The van der Waals surface area contributed by atoms with Crippen molar-refractivity contribution in [2.24, 2.45) is 0 Å². The molecule has 1 amide bonds. The Labute approximate surface area is 247 Å². The molecule has 0 fully saturated rings. The Hall–Kier alpha value is -2.98. The molecule has 0 aliphatic rings. The van der Waals surface area contributed by atoms with Crippen LogP contribution in [0.2, 0.25) is 5.02 Å². The van der Waals surface area contributed by atoms with Gasteiger partial charge in [-0.25, -0.2) is 0 Å². The molecular weight excluding hydrogens is 546 g/mol. The van der Waals surface area contributed by atoms with Crippen LogP contribution in [0.25, 0.3) is 0 Å². The zero-order valence-electron chi connectivity index (χ0n) is 24.6. The molecule has 1 aromatic heterocycles. The number of hydrogen-bond acceptors (Lipinski definition) is 8. The maximum absolute atomic E-state index is 13.4. The van der Waals surface area contributed by atoms with E-state index < -0.39 is 0 Å². The quantitative estimate of drug-likeness (QED) is 0.225. The molecule has 3 aromatic rings. The van der Waals surface area contributed by atoms with E-state index in [9.17, 15) is 4.79 Å². The van der Waals surface area contributed by atoms with Gasteiger partial charge in [-0.1, -0.05) is 44.3 Å². The number of nitrogens with zero attached hydrogens (tertiary/aromatic N) is 3. The number of carbonyl (C=O) groups excluding carboxylic acids is 1. The molecule has 3 rings (SSSR count). The summed E-state index contributed by atoms with van der Waals surface area (Å²) in [4.78, 5) is 22.2. The highest BCUT2D eigenvalue weighted by atomic mass is 35.5. The van der Waals surface area contributed by atoms with E-state index in [1.807, 2.05) is 24.5 Å². The zero-order valence-corrected chi connectivity index (χ0v) is 26.2. The number of ether oxygens (including phenoxy) is 2. The van der Waals surface area contributed by atoms with E-state index in [2.05, 4.69) is 66.7 Å². The second-order valence-electron chi connectivity index (χ2n) is 10.9. The van der Waals surface area contributed by atoms with Gasteiger partial charge in [0.15, 0.2) is 5.75 Å². The standard InChI is InChI=1S/C30H40ClN5O3S/c1-30(2,3)21-16-25(28(38-7)26(17-21)34-40-8)33-29(37)20-9-10-24(31)27(15-20)39-23-11-12-32-22(18-23)19-36(6)14-13-35(4)5/h9-12,15-18,34H,13-14,19H2,1-8H3,(H,33,37). The second-order valence-corrected chi connectivity index (χ2v) is 11.9. The van der Waals surface area contributed by atoms with Gasteiger partial charge in [0, 0.05) is 43.7 Å². The molecule has 2 N–H and O–H groups in total. The van der Waals surface area contributed by atoms with Gasteiger partial charge in [-0.2, -0.15) is 0 Å². The van der Waals surface area contributed by atoms with Crippen molar-refractivity contribution in [1.29, 1.82) is 0 Å². The van der Waals surface area contributed by atoms with E-state index in [0.717, 1.165) is 30.0 Å². The van der Waals surface area contributed by atoms with Crippen LogP contribution in [-0.2, 0) is 12.0 Å². The Morgan fingerprint density at radius 2 is 1.77 bits per heavy atom. The summed E-state index contributed by atoms with van der Waals surface area (Å²) in [6, 6.07) is 12.6. The first-order chi connectivity index (χ1) is 18.9. The van der Waals surface area contributed by atoms with Gasteiger partial charge in [0.25, 0.3) is 5.91 Å². The van der Waals surface area contributed by atoms with Gasteiger partial charge in [0.1, 0.15) is 11.5 Å². The molecule has 0 aliphatic carbocycles. The van der Waals surface area contributed by atoms with Crippen LogP contribution in [0.1, 0.15) is 42.4 Å². The number of likely N-dealkylation sites (N-methyl/N-ethyl adjacent to an activating group) is 2. The largest absolute Gasteiger partial charge is 0.492 e.